The molecule has 0 radical (unpaired) electrons. The third-order valence-corrected chi connectivity index (χ3v) is 3.17. The molecule has 1 aromatic rings. The van der Waals surface area contributed by atoms with E-state index in [1.54, 1.807) is 24.3 Å². The van der Waals surface area contributed by atoms with Crippen molar-refractivity contribution in [2.45, 2.75) is 25.4 Å². The van der Waals surface area contributed by atoms with E-state index < -0.39 is 29.8 Å². The quantitative estimate of drug-likeness (QED) is 0.489. The number of amides is 4. The number of primary amides is 2. The van der Waals surface area contributed by atoms with Gasteiger partial charge >= 0.3 is 0 Å². The molecular formula is C14H17ClN4O4. The smallest absolute Gasteiger partial charge is 0.249 e. The highest BCUT2D eigenvalue weighted by Gasteiger charge is 2.25. The van der Waals surface area contributed by atoms with Gasteiger partial charge in [0.05, 0.1) is 12.5 Å². The molecule has 1 atom stereocenters. The third kappa shape index (κ3) is 5.95. The van der Waals surface area contributed by atoms with Crippen molar-refractivity contribution in [3.63, 3.8) is 0 Å². The lowest BCUT2D eigenvalue weighted by Crippen LogP contribution is -2.52. The molecular weight excluding hydrogens is 324 g/mol. The van der Waals surface area contributed by atoms with Gasteiger partial charge in [-0.25, -0.2) is 0 Å². The van der Waals surface area contributed by atoms with Gasteiger partial charge < -0.3 is 22.1 Å². The van der Waals surface area contributed by atoms with Crippen LogP contribution in [0.2, 0.25) is 5.02 Å². The summed E-state index contributed by atoms with van der Waals surface area (Å²) in [5.74, 6) is -3.14. The van der Waals surface area contributed by atoms with Crippen molar-refractivity contribution in [1.82, 2.24) is 10.6 Å². The first-order valence-corrected chi connectivity index (χ1v) is 6.99. The zero-order chi connectivity index (χ0) is 17.6. The van der Waals surface area contributed by atoms with Crippen LogP contribution >= 0.6 is 11.6 Å². The van der Waals surface area contributed by atoms with E-state index in [-0.39, 0.29) is 12.3 Å². The van der Waals surface area contributed by atoms with Crippen LogP contribution in [0.25, 0.3) is 0 Å². The average molecular weight is 341 g/mol. The second-order valence-electron chi connectivity index (χ2n) is 4.81. The summed E-state index contributed by atoms with van der Waals surface area (Å²) in [6.45, 7) is 1.30. The zero-order valence-corrected chi connectivity index (χ0v) is 13.1. The van der Waals surface area contributed by atoms with Crippen molar-refractivity contribution in [3.05, 3.63) is 34.9 Å². The number of carbonyl (C=O) groups excluding carboxylic acids is 4. The summed E-state index contributed by atoms with van der Waals surface area (Å²) < 4.78 is 0. The molecule has 0 heterocycles. The molecule has 0 aromatic heterocycles. The normalized spacial score (nSPS) is 11.6. The van der Waals surface area contributed by atoms with Crippen molar-refractivity contribution < 1.29 is 19.2 Å². The standard InChI is InChI=1S/C14H17ClN4O4/c1-7(20)18-10(8-2-4-9(15)5-3-8)6-11(21)19-12(13(16)22)14(17)23/h2-5,10,12H,6H2,1H3,(H2,16,22)(H2,17,23)(H,18,20)(H,19,21)/t10-/m1/s1. The van der Waals surface area contributed by atoms with E-state index in [1.807, 2.05) is 0 Å². The van der Waals surface area contributed by atoms with E-state index >= 15 is 0 Å². The Labute approximate surface area is 137 Å². The summed E-state index contributed by atoms with van der Waals surface area (Å²) in [4.78, 5) is 45.4. The maximum absolute atomic E-state index is 12.0. The Morgan fingerprint density at radius 1 is 1.04 bits per heavy atom. The molecule has 0 unspecified atom stereocenters. The van der Waals surface area contributed by atoms with Crippen molar-refractivity contribution in [2.75, 3.05) is 0 Å². The van der Waals surface area contributed by atoms with Gasteiger partial charge in [0.2, 0.25) is 23.6 Å². The molecule has 6 N–H and O–H groups in total. The lowest BCUT2D eigenvalue weighted by molar-refractivity contribution is -0.134. The van der Waals surface area contributed by atoms with Crippen LogP contribution in [0.5, 0.6) is 0 Å². The monoisotopic (exact) mass is 340 g/mol. The van der Waals surface area contributed by atoms with Gasteiger partial charge in [-0.15, -0.1) is 0 Å². The number of hydrogen-bond acceptors (Lipinski definition) is 4. The number of hydrogen-bond donors (Lipinski definition) is 4. The fraction of sp³-hybridized carbons (Fsp3) is 0.286. The summed E-state index contributed by atoms with van der Waals surface area (Å²) in [6, 6.07) is 4.25. The van der Waals surface area contributed by atoms with Gasteiger partial charge in [0, 0.05) is 11.9 Å². The SMILES string of the molecule is CC(=O)N[C@H](CC(=O)NC(C(N)=O)C(N)=O)c1ccc(Cl)cc1. The first kappa shape index (κ1) is 18.4. The number of nitrogens with one attached hydrogen (secondary N) is 2. The lowest BCUT2D eigenvalue weighted by Gasteiger charge is -2.19. The Morgan fingerprint density at radius 3 is 2.00 bits per heavy atom. The average Bonchev–Trinajstić information content (AvgIpc) is 2.43. The van der Waals surface area contributed by atoms with Crippen molar-refractivity contribution in [3.8, 4) is 0 Å². The van der Waals surface area contributed by atoms with Crippen LogP contribution in [0.15, 0.2) is 24.3 Å². The highest BCUT2D eigenvalue weighted by atomic mass is 35.5. The minimum atomic E-state index is -1.61. The van der Waals surface area contributed by atoms with E-state index in [1.165, 1.54) is 6.92 Å². The highest BCUT2D eigenvalue weighted by Crippen LogP contribution is 2.19. The van der Waals surface area contributed by atoms with Crippen molar-refractivity contribution >= 4 is 35.2 Å². The maximum atomic E-state index is 12.0. The van der Waals surface area contributed by atoms with Crippen LogP contribution in [-0.4, -0.2) is 29.7 Å². The van der Waals surface area contributed by atoms with Crippen LogP contribution in [0.1, 0.15) is 24.9 Å². The zero-order valence-electron chi connectivity index (χ0n) is 12.3. The van der Waals surface area contributed by atoms with E-state index in [2.05, 4.69) is 10.6 Å². The molecule has 0 saturated heterocycles. The molecule has 0 fully saturated rings. The van der Waals surface area contributed by atoms with Crippen LogP contribution in [0.3, 0.4) is 0 Å². The fourth-order valence-corrected chi connectivity index (χ4v) is 2.01. The Hall–Kier alpha value is -2.61. The molecule has 0 aliphatic carbocycles. The van der Waals surface area contributed by atoms with Gasteiger partial charge in [0.15, 0.2) is 6.04 Å². The fourth-order valence-electron chi connectivity index (χ4n) is 1.88. The molecule has 0 aliphatic heterocycles. The summed E-state index contributed by atoms with van der Waals surface area (Å²) in [5, 5.41) is 5.24. The Bertz CT molecular complexity index is 604. The third-order valence-electron chi connectivity index (χ3n) is 2.91. The Morgan fingerprint density at radius 2 is 1.57 bits per heavy atom. The van der Waals surface area contributed by atoms with Crippen LogP contribution in [0.4, 0.5) is 0 Å². The minimum absolute atomic E-state index is 0.210. The van der Waals surface area contributed by atoms with Crippen LogP contribution in [-0.2, 0) is 19.2 Å². The Kier molecular flexibility index (Phi) is 6.52. The highest BCUT2D eigenvalue weighted by molar-refractivity contribution is 6.30. The van der Waals surface area contributed by atoms with E-state index in [0.717, 1.165) is 0 Å². The van der Waals surface area contributed by atoms with Crippen molar-refractivity contribution in [2.24, 2.45) is 11.5 Å². The first-order valence-electron chi connectivity index (χ1n) is 6.61. The molecule has 0 spiro atoms. The Balaban J connectivity index is 2.86. The maximum Gasteiger partial charge on any atom is 0.249 e. The van der Waals surface area contributed by atoms with E-state index in [4.69, 9.17) is 23.1 Å². The number of halogens is 1. The summed E-state index contributed by atoms with van der Waals surface area (Å²) >= 11 is 5.80. The largest absolute Gasteiger partial charge is 0.367 e. The topological polar surface area (TPSA) is 144 Å². The summed E-state index contributed by atoms with van der Waals surface area (Å²) in [6.07, 6.45) is -0.210. The van der Waals surface area contributed by atoms with Crippen LogP contribution < -0.4 is 22.1 Å². The number of rotatable bonds is 7. The number of carbonyl (C=O) groups is 4. The molecule has 0 aliphatic rings. The van der Waals surface area contributed by atoms with Gasteiger partial charge in [-0.2, -0.15) is 0 Å². The molecule has 0 bridgehead atoms. The lowest BCUT2D eigenvalue weighted by atomic mass is 10.0. The van der Waals surface area contributed by atoms with E-state index in [9.17, 15) is 19.2 Å². The molecule has 1 rings (SSSR count). The molecule has 9 heteroatoms. The van der Waals surface area contributed by atoms with Gasteiger partial charge in [-0.1, -0.05) is 23.7 Å². The first-order chi connectivity index (χ1) is 10.7. The summed E-state index contributed by atoms with van der Waals surface area (Å²) in [5.41, 5.74) is 10.6. The molecule has 0 saturated carbocycles. The molecule has 4 amide bonds. The number of benzene rings is 1. The van der Waals surface area contributed by atoms with Crippen LogP contribution in [0, 0.1) is 0 Å². The molecule has 124 valence electrons. The van der Waals surface area contributed by atoms with Crippen molar-refractivity contribution in [1.29, 1.82) is 0 Å². The van der Waals surface area contributed by atoms with Gasteiger partial charge in [0.1, 0.15) is 0 Å². The summed E-state index contributed by atoms with van der Waals surface area (Å²) in [7, 11) is 0. The van der Waals surface area contributed by atoms with Gasteiger partial charge in [-0.3, -0.25) is 19.2 Å². The number of nitrogens with two attached hydrogens (primary N) is 2. The van der Waals surface area contributed by atoms with Gasteiger partial charge in [0.25, 0.3) is 0 Å². The second kappa shape index (κ2) is 8.14. The predicted molar refractivity (Wildman–Crippen MR) is 82.9 cm³/mol. The predicted octanol–water partition coefficient (Wildman–Crippen LogP) is -0.637. The molecule has 23 heavy (non-hydrogen) atoms. The molecule has 1 aromatic carbocycles. The second-order valence-corrected chi connectivity index (χ2v) is 5.25. The van der Waals surface area contributed by atoms with Gasteiger partial charge in [-0.05, 0) is 17.7 Å². The minimum Gasteiger partial charge on any atom is -0.367 e. The molecule has 8 nitrogen and oxygen atoms in total. The van der Waals surface area contributed by atoms with E-state index in [0.29, 0.717) is 10.6 Å².